The number of rotatable bonds is 7. The van der Waals surface area contributed by atoms with Gasteiger partial charge in [-0.15, -0.1) is 0 Å². The monoisotopic (exact) mass is 536 g/mol. The van der Waals surface area contributed by atoms with E-state index in [0.29, 0.717) is 36.0 Å². The zero-order valence-corrected chi connectivity index (χ0v) is 20.5. The molecule has 0 atom stereocenters. The van der Waals surface area contributed by atoms with E-state index in [9.17, 15) is 31.5 Å². The van der Waals surface area contributed by atoms with Crippen molar-refractivity contribution in [2.45, 2.75) is 43.0 Å². The van der Waals surface area contributed by atoms with Crippen molar-refractivity contribution in [1.82, 2.24) is 9.97 Å². The lowest BCUT2D eigenvalue weighted by molar-refractivity contribution is -0.137. The largest absolute Gasteiger partial charge is 0.490 e. The number of aliphatic hydroxyl groups is 1. The summed E-state index contributed by atoms with van der Waals surface area (Å²) in [6.45, 7) is 1.29. The summed E-state index contributed by atoms with van der Waals surface area (Å²) in [5.74, 6) is 0.0221. The highest BCUT2D eigenvalue weighted by atomic mass is 32.2. The van der Waals surface area contributed by atoms with Crippen molar-refractivity contribution >= 4 is 32.9 Å². The van der Waals surface area contributed by atoms with Crippen molar-refractivity contribution in [3.8, 4) is 17.0 Å². The number of nitrogens with zero attached hydrogens (tertiary/aromatic N) is 2. The van der Waals surface area contributed by atoms with Crippen LogP contribution in [0.1, 0.15) is 25.3 Å². The Bertz CT molecular complexity index is 1420. The second-order valence-corrected chi connectivity index (χ2v) is 10.7. The Balaban J connectivity index is 1.74. The van der Waals surface area contributed by atoms with Crippen molar-refractivity contribution in [1.29, 1.82) is 0 Å². The number of benzene rings is 1. The molecule has 13 heteroatoms. The molecule has 37 heavy (non-hydrogen) atoms. The molecule has 0 aliphatic heterocycles. The summed E-state index contributed by atoms with van der Waals surface area (Å²) in [4.78, 5) is 19.6. The Labute approximate surface area is 210 Å². The van der Waals surface area contributed by atoms with Crippen molar-refractivity contribution in [3.63, 3.8) is 0 Å². The van der Waals surface area contributed by atoms with Crippen LogP contribution in [-0.2, 0) is 20.8 Å². The average molecular weight is 537 g/mol. The molecule has 0 radical (unpaired) electrons. The molecule has 3 N–H and O–H groups in total. The minimum atomic E-state index is -4.56. The second-order valence-electron chi connectivity index (χ2n) is 8.68. The van der Waals surface area contributed by atoms with Gasteiger partial charge in [0.2, 0.25) is 5.91 Å². The lowest BCUT2D eigenvalue weighted by atomic mass is 9.92. The third-order valence-electron chi connectivity index (χ3n) is 5.53. The van der Waals surface area contributed by atoms with Gasteiger partial charge in [0, 0.05) is 61.8 Å². The van der Waals surface area contributed by atoms with Crippen molar-refractivity contribution in [3.05, 3.63) is 54.4 Å². The average Bonchev–Trinajstić information content (AvgIpc) is 2.77. The van der Waals surface area contributed by atoms with Crippen LogP contribution in [0.2, 0.25) is 0 Å². The summed E-state index contributed by atoms with van der Waals surface area (Å²) in [6.07, 6.45) is -1.39. The predicted molar refractivity (Wildman–Crippen MR) is 129 cm³/mol. The molecule has 0 bridgehead atoms. The third kappa shape index (κ3) is 6.54. The molecule has 1 aliphatic rings. The first-order valence-corrected chi connectivity index (χ1v) is 13.0. The highest BCUT2D eigenvalue weighted by Gasteiger charge is 2.31. The van der Waals surface area contributed by atoms with Gasteiger partial charge in [0.1, 0.15) is 17.7 Å². The minimum Gasteiger partial charge on any atom is -0.490 e. The van der Waals surface area contributed by atoms with Crippen molar-refractivity contribution in [2.75, 3.05) is 16.9 Å². The number of amides is 1. The Morgan fingerprint density at radius 2 is 1.84 bits per heavy atom. The Morgan fingerprint density at radius 3 is 2.41 bits per heavy atom. The molecule has 1 aromatic carbocycles. The van der Waals surface area contributed by atoms with E-state index in [-0.39, 0.29) is 28.3 Å². The van der Waals surface area contributed by atoms with E-state index in [4.69, 9.17) is 4.74 Å². The molecule has 1 fully saturated rings. The molecular formula is C24H23F3N4O5S. The van der Waals surface area contributed by atoms with Gasteiger partial charge in [0.05, 0.1) is 27.9 Å². The molecular weight excluding hydrogens is 513 g/mol. The van der Waals surface area contributed by atoms with Gasteiger partial charge in [-0.05, 0) is 24.3 Å². The number of halogens is 3. The topological polar surface area (TPSA) is 131 Å². The molecule has 1 aliphatic carbocycles. The Hall–Kier alpha value is -3.71. The van der Waals surface area contributed by atoms with E-state index in [1.54, 1.807) is 6.07 Å². The molecule has 2 aromatic heterocycles. The van der Waals surface area contributed by atoms with E-state index in [1.165, 1.54) is 37.4 Å². The first kappa shape index (κ1) is 26.4. The number of hydrogen-bond donors (Lipinski definition) is 3. The van der Waals surface area contributed by atoms with Gasteiger partial charge in [-0.3, -0.25) is 9.78 Å². The molecule has 0 unspecified atom stereocenters. The highest BCUT2D eigenvalue weighted by Crippen LogP contribution is 2.36. The van der Waals surface area contributed by atoms with Crippen LogP contribution < -0.4 is 15.4 Å². The first-order valence-electron chi connectivity index (χ1n) is 11.1. The van der Waals surface area contributed by atoms with Gasteiger partial charge >= 0.3 is 6.18 Å². The minimum absolute atomic E-state index is 0.0299. The fourth-order valence-corrected chi connectivity index (χ4v) is 4.31. The molecule has 1 saturated carbocycles. The molecule has 1 amide bonds. The van der Waals surface area contributed by atoms with E-state index in [2.05, 4.69) is 20.6 Å². The number of carbonyl (C=O) groups excluding carboxylic acids is 1. The summed E-state index contributed by atoms with van der Waals surface area (Å²) in [5.41, 5.74) is 0.138. The smallest absolute Gasteiger partial charge is 0.417 e. The van der Waals surface area contributed by atoms with Gasteiger partial charge in [0.25, 0.3) is 0 Å². The van der Waals surface area contributed by atoms with Gasteiger partial charge in [-0.2, -0.15) is 13.2 Å². The number of aliphatic hydroxyl groups excluding tert-OH is 1. The summed E-state index contributed by atoms with van der Waals surface area (Å²) in [7, 11) is -3.64. The molecule has 0 spiro atoms. The number of aromatic nitrogens is 2. The second kappa shape index (κ2) is 9.98. The van der Waals surface area contributed by atoms with Crippen LogP contribution in [0, 0.1) is 0 Å². The van der Waals surface area contributed by atoms with Gasteiger partial charge < -0.3 is 20.5 Å². The van der Waals surface area contributed by atoms with Gasteiger partial charge in [-0.25, -0.2) is 13.4 Å². The number of carbonyl (C=O) groups is 1. The van der Waals surface area contributed by atoms with E-state index >= 15 is 0 Å². The van der Waals surface area contributed by atoms with E-state index in [1.807, 2.05) is 0 Å². The highest BCUT2D eigenvalue weighted by molar-refractivity contribution is 7.90. The quantitative estimate of drug-likeness (QED) is 0.410. The lowest BCUT2D eigenvalue weighted by Gasteiger charge is -2.31. The third-order valence-corrected chi connectivity index (χ3v) is 6.63. The van der Waals surface area contributed by atoms with Crippen LogP contribution in [0.25, 0.3) is 11.3 Å². The number of hydrogen-bond acceptors (Lipinski definition) is 8. The lowest BCUT2D eigenvalue weighted by Crippen LogP contribution is -2.37. The van der Waals surface area contributed by atoms with E-state index < -0.39 is 33.6 Å². The zero-order chi connectivity index (χ0) is 27.0. The molecule has 4 rings (SSSR count). The molecule has 9 nitrogen and oxygen atoms in total. The number of alkyl halides is 3. The summed E-state index contributed by atoms with van der Waals surface area (Å²) in [5, 5.41) is 15.1. The van der Waals surface area contributed by atoms with Crippen LogP contribution in [0.5, 0.6) is 5.75 Å². The summed E-state index contributed by atoms with van der Waals surface area (Å²) < 4.78 is 69.4. The normalized spacial score (nSPS) is 17.6. The van der Waals surface area contributed by atoms with Gasteiger partial charge in [-0.1, -0.05) is 0 Å². The maximum Gasteiger partial charge on any atom is 0.417 e. The molecule has 3 aromatic rings. The first-order chi connectivity index (χ1) is 17.3. The Kier molecular flexibility index (Phi) is 7.11. The number of nitrogens with one attached hydrogen (secondary N) is 2. The standard InChI is InChI=1S/C24H23F3N4O5S/c1-13(32)30-23-10-22(20(12-29-23)21-4-3-14(11-28-21)24(25,26)27)31-15-5-17(36-18-7-16(33)8-18)9-19(6-15)37(2,34)35/h3-6,9-12,16,18,33H,7-8H2,1-2H3,(H2,29,30,31,32)/t16-,18-. The van der Waals surface area contributed by atoms with Crippen LogP contribution in [0.4, 0.5) is 30.4 Å². The fraction of sp³-hybridized carbons (Fsp3) is 0.292. The number of anilines is 3. The maximum atomic E-state index is 13.0. The van der Waals surface area contributed by atoms with Crippen molar-refractivity contribution in [2.24, 2.45) is 0 Å². The van der Waals surface area contributed by atoms with Crippen molar-refractivity contribution < 1.29 is 36.2 Å². The molecule has 196 valence electrons. The Morgan fingerprint density at radius 1 is 1.11 bits per heavy atom. The zero-order valence-electron chi connectivity index (χ0n) is 19.7. The van der Waals surface area contributed by atoms with Crippen LogP contribution in [0.3, 0.4) is 0 Å². The van der Waals surface area contributed by atoms with Crippen LogP contribution in [-0.4, -0.2) is 47.9 Å². The summed E-state index contributed by atoms with van der Waals surface area (Å²) >= 11 is 0. The van der Waals surface area contributed by atoms with E-state index in [0.717, 1.165) is 12.3 Å². The summed E-state index contributed by atoms with van der Waals surface area (Å²) in [6, 6.07) is 7.83. The fourth-order valence-electron chi connectivity index (χ4n) is 3.64. The maximum absolute atomic E-state index is 13.0. The number of pyridine rings is 2. The SMILES string of the molecule is CC(=O)Nc1cc(Nc2cc(O[C@H]3C[C@H](O)C3)cc(S(C)(=O)=O)c2)c(-c2ccc(C(F)(F)F)cn2)cn1. The van der Waals surface area contributed by atoms with Crippen LogP contribution >= 0.6 is 0 Å². The predicted octanol–water partition coefficient (Wildman–Crippen LogP) is 4.17. The van der Waals surface area contributed by atoms with Crippen LogP contribution in [0.15, 0.2) is 53.7 Å². The molecule has 2 heterocycles. The molecule has 0 saturated heterocycles. The number of sulfone groups is 1. The van der Waals surface area contributed by atoms with Gasteiger partial charge in [0.15, 0.2) is 9.84 Å². The number of ether oxygens (including phenoxy) is 1.